The molecule has 19 nitrogen and oxygen atoms in total. The van der Waals surface area contributed by atoms with Crippen LogP contribution in [0.15, 0.2) is 67.0 Å². The van der Waals surface area contributed by atoms with Crippen LogP contribution in [0.1, 0.15) is 96.4 Å². The van der Waals surface area contributed by atoms with Gasteiger partial charge in [0.1, 0.15) is 35.0 Å². The SMILES string of the molecule is CCOc1cc(NC(=O)c2ccc(N3CCN(C(=O)[C@@]4(C)CCCN4C(=O)[C@@H](NC(=O)OC)C(C)C)C[C@H]3C)nc2)ccc1-c1ccc(-c2cnc([C@@H]3CCCN3C(=O)[C@@H](NC(=O)OC)C(C)C)[nH]2)cc1. The molecule has 3 aliphatic rings. The van der Waals surface area contributed by atoms with Crippen molar-refractivity contribution < 1.29 is 43.0 Å². The standard InChI is InChI=1S/C52H68N10O9/c1-10-71-41-27-37(19-20-38(41)34-14-16-35(17-15-34)39-29-54-45(56-39)40-13-11-23-61(40)47(64)43(31(2)3)57-50(67)69-8)55-46(63)36-18-21-42(53-28-36)60-26-25-59(30-33(60)6)49(66)52(7)22-12-24-62(52)48(65)44(32(4)5)58-51(68)70-9/h14-21,27-29,31-33,40,43-44H,10-13,22-26,30H2,1-9H3,(H,54,56)(H,55,63)(H,57,67)(H,58,68)/t33-,40+,43+,44+,52-/m1/s1. The van der Waals surface area contributed by atoms with Gasteiger partial charge in [-0.25, -0.2) is 19.6 Å². The van der Waals surface area contributed by atoms with Crippen molar-refractivity contribution in [3.05, 3.63) is 78.4 Å². The smallest absolute Gasteiger partial charge is 0.407 e. The highest BCUT2D eigenvalue weighted by Crippen LogP contribution is 2.37. The maximum absolute atomic E-state index is 14.2. The lowest BCUT2D eigenvalue weighted by molar-refractivity contribution is -0.152. The third-order valence-corrected chi connectivity index (χ3v) is 13.9. The summed E-state index contributed by atoms with van der Waals surface area (Å²) in [5.41, 5.74) is 3.35. The minimum absolute atomic E-state index is 0.0991. The first-order valence-electron chi connectivity index (χ1n) is 24.5. The summed E-state index contributed by atoms with van der Waals surface area (Å²) in [6, 6.07) is 15.2. The van der Waals surface area contributed by atoms with Crippen LogP contribution in [0, 0.1) is 11.8 Å². The third-order valence-electron chi connectivity index (χ3n) is 13.9. The summed E-state index contributed by atoms with van der Waals surface area (Å²) in [5, 5.41) is 8.33. The van der Waals surface area contributed by atoms with E-state index in [9.17, 15) is 28.8 Å². The van der Waals surface area contributed by atoms with Crippen molar-refractivity contribution in [2.75, 3.05) is 63.8 Å². The van der Waals surface area contributed by atoms with Crippen molar-refractivity contribution in [2.45, 2.75) is 104 Å². The molecule has 380 valence electrons. The Bertz CT molecular complexity index is 2570. The third kappa shape index (κ3) is 11.2. The second-order valence-corrected chi connectivity index (χ2v) is 19.3. The molecule has 71 heavy (non-hydrogen) atoms. The molecule has 0 unspecified atom stereocenters. The Morgan fingerprint density at radius 2 is 1.48 bits per heavy atom. The minimum atomic E-state index is -1.04. The molecule has 2 aromatic carbocycles. The molecule has 4 aromatic rings. The highest BCUT2D eigenvalue weighted by atomic mass is 16.5. The van der Waals surface area contributed by atoms with E-state index in [0.29, 0.717) is 80.8 Å². The van der Waals surface area contributed by atoms with Crippen LogP contribution in [0.2, 0.25) is 0 Å². The molecule has 3 saturated heterocycles. The van der Waals surface area contributed by atoms with Crippen molar-refractivity contribution in [3.8, 4) is 28.1 Å². The minimum Gasteiger partial charge on any atom is -0.493 e. The van der Waals surface area contributed by atoms with Crippen molar-refractivity contribution >= 4 is 47.3 Å². The van der Waals surface area contributed by atoms with Crippen LogP contribution < -0.4 is 25.6 Å². The predicted octanol–water partition coefficient (Wildman–Crippen LogP) is 6.63. The Morgan fingerprint density at radius 3 is 2.10 bits per heavy atom. The molecule has 6 amide bonds. The van der Waals surface area contributed by atoms with Gasteiger partial charge in [0, 0.05) is 62.3 Å². The number of carbonyl (C=O) groups is 6. The Kier molecular flexibility index (Phi) is 16.2. The summed E-state index contributed by atoms with van der Waals surface area (Å²) in [7, 11) is 2.53. The number of ether oxygens (including phenoxy) is 3. The zero-order chi connectivity index (χ0) is 51.1. The first kappa shape index (κ1) is 51.7. The zero-order valence-electron chi connectivity index (χ0n) is 42.2. The number of pyridine rings is 1. The molecule has 3 fully saturated rings. The van der Waals surface area contributed by atoms with Gasteiger partial charge in [-0.1, -0.05) is 52.0 Å². The number of methoxy groups -OCH3 is 2. The quantitative estimate of drug-likeness (QED) is 0.0986. The van der Waals surface area contributed by atoms with Crippen molar-refractivity contribution in [1.29, 1.82) is 0 Å². The van der Waals surface area contributed by atoms with E-state index in [-0.39, 0.29) is 47.5 Å². The van der Waals surface area contributed by atoms with E-state index >= 15 is 0 Å². The molecule has 4 N–H and O–H groups in total. The van der Waals surface area contributed by atoms with E-state index in [1.165, 1.54) is 14.2 Å². The van der Waals surface area contributed by atoms with E-state index in [2.05, 4.69) is 35.8 Å². The van der Waals surface area contributed by atoms with E-state index in [0.717, 1.165) is 35.2 Å². The fraction of sp³-hybridized carbons (Fsp3) is 0.500. The van der Waals surface area contributed by atoms with Crippen LogP contribution in [0.4, 0.5) is 21.1 Å². The number of aromatic nitrogens is 3. The number of piperazine rings is 1. The first-order chi connectivity index (χ1) is 34.0. The highest BCUT2D eigenvalue weighted by molar-refractivity contribution is 6.04. The van der Waals surface area contributed by atoms with Gasteiger partial charge in [0.05, 0.1) is 44.3 Å². The predicted molar refractivity (Wildman–Crippen MR) is 268 cm³/mol. The number of aromatic amines is 1. The number of H-pyrrole nitrogens is 1. The second kappa shape index (κ2) is 22.3. The monoisotopic (exact) mass is 977 g/mol. The molecule has 0 bridgehead atoms. The van der Waals surface area contributed by atoms with Gasteiger partial charge in [-0.05, 0) is 93.7 Å². The van der Waals surface area contributed by atoms with Crippen LogP contribution in [-0.2, 0) is 23.9 Å². The fourth-order valence-corrected chi connectivity index (χ4v) is 9.91. The van der Waals surface area contributed by atoms with Crippen molar-refractivity contribution in [2.24, 2.45) is 11.8 Å². The lowest BCUT2D eigenvalue weighted by Gasteiger charge is -2.45. The number of anilines is 2. The lowest BCUT2D eigenvalue weighted by Crippen LogP contribution is -2.64. The van der Waals surface area contributed by atoms with Gasteiger partial charge < -0.3 is 54.7 Å². The number of amides is 6. The second-order valence-electron chi connectivity index (χ2n) is 19.3. The molecule has 0 aliphatic carbocycles. The molecule has 3 aliphatic heterocycles. The number of rotatable bonds is 15. The average Bonchev–Trinajstić information content (AvgIpc) is 4.15. The molecular formula is C52H68N10O9. The van der Waals surface area contributed by atoms with Crippen LogP contribution in [-0.4, -0.2) is 143 Å². The fourth-order valence-electron chi connectivity index (χ4n) is 9.91. The van der Waals surface area contributed by atoms with Gasteiger partial charge in [0.2, 0.25) is 17.7 Å². The molecule has 0 saturated carbocycles. The number of nitrogens with zero attached hydrogens (tertiary/aromatic N) is 6. The van der Waals surface area contributed by atoms with E-state index < -0.39 is 29.8 Å². The molecule has 5 heterocycles. The van der Waals surface area contributed by atoms with Crippen LogP contribution in [0.5, 0.6) is 5.75 Å². The number of alkyl carbamates (subject to hydrolysis) is 2. The van der Waals surface area contributed by atoms with Crippen LogP contribution in [0.3, 0.4) is 0 Å². The summed E-state index contributed by atoms with van der Waals surface area (Å²) >= 11 is 0. The number of hydrogen-bond donors (Lipinski definition) is 4. The van der Waals surface area contributed by atoms with Gasteiger partial charge in [-0.2, -0.15) is 0 Å². The number of hydrogen-bond acceptors (Lipinski definition) is 12. The number of benzene rings is 2. The molecule has 19 heteroatoms. The van der Waals surface area contributed by atoms with Gasteiger partial charge in [-0.3, -0.25) is 19.2 Å². The maximum Gasteiger partial charge on any atom is 0.407 e. The van der Waals surface area contributed by atoms with E-state index in [4.69, 9.17) is 14.2 Å². The molecule has 7 rings (SSSR count). The van der Waals surface area contributed by atoms with Gasteiger partial charge >= 0.3 is 12.2 Å². The number of carbonyl (C=O) groups excluding carboxylic acids is 6. The molecular weight excluding hydrogens is 909 g/mol. The number of likely N-dealkylation sites (tertiary alicyclic amines) is 2. The number of imidazole rings is 1. The van der Waals surface area contributed by atoms with Crippen LogP contribution in [0.25, 0.3) is 22.4 Å². The lowest BCUT2D eigenvalue weighted by atomic mass is 9.93. The Morgan fingerprint density at radius 1 is 0.803 bits per heavy atom. The highest BCUT2D eigenvalue weighted by Gasteiger charge is 2.50. The summed E-state index contributed by atoms with van der Waals surface area (Å²) in [4.78, 5) is 99.3. The topological polar surface area (TPSA) is 221 Å². The Labute approximate surface area is 415 Å². The Hall–Kier alpha value is -7.18. The number of nitrogens with one attached hydrogen (secondary N) is 4. The Balaban J connectivity index is 0.960. The van der Waals surface area contributed by atoms with Crippen molar-refractivity contribution in [1.82, 2.24) is 40.3 Å². The molecule has 0 radical (unpaired) electrons. The molecule has 5 atom stereocenters. The van der Waals surface area contributed by atoms with Gasteiger partial charge in [0.25, 0.3) is 5.91 Å². The van der Waals surface area contributed by atoms with Crippen molar-refractivity contribution in [3.63, 3.8) is 0 Å². The summed E-state index contributed by atoms with van der Waals surface area (Å²) < 4.78 is 15.6. The summed E-state index contributed by atoms with van der Waals surface area (Å²) in [6.07, 6.45) is 4.74. The van der Waals surface area contributed by atoms with Gasteiger partial charge in [-0.15, -0.1) is 0 Å². The molecule has 2 aromatic heterocycles. The van der Waals surface area contributed by atoms with E-state index in [1.54, 1.807) is 34.3 Å². The first-order valence-corrected chi connectivity index (χ1v) is 24.5. The summed E-state index contributed by atoms with van der Waals surface area (Å²) in [5.74, 6) is 0.709. The van der Waals surface area contributed by atoms with E-state index in [1.807, 2.05) is 95.8 Å². The average molecular weight is 977 g/mol. The van der Waals surface area contributed by atoms with Crippen LogP contribution >= 0.6 is 0 Å². The summed E-state index contributed by atoms with van der Waals surface area (Å²) in [6.45, 7) is 16.0. The zero-order valence-corrected chi connectivity index (χ0v) is 42.2. The molecule has 0 spiro atoms. The normalized spacial score (nSPS) is 19.9. The largest absolute Gasteiger partial charge is 0.493 e. The van der Waals surface area contributed by atoms with Gasteiger partial charge in [0.15, 0.2) is 0 Å². The maximum atomic E-state index is 14.2.